The minimum Gasteiger partial charge on any atom is -0.436 e. The summed E-state index contributed by atoms with van der Waals surface area (Å²) in [4.78, 5) is 19.9. The second-order valence-electron chi connectivity index (χ2n) is 11.1. The van der Waals surface area contributed by atoms with Crippen LogP contribution in [0.4, 0.5) is 0 Å². The number of benzene rings is 6. The predicted octanol–water partition coefficient (Wildman–Crippen LogP) is 10.7. The Kier molecular flexibility index (Phi) is 6.25. The standard InChI is InChI=1S/C40H24N4OS/c1-4-12-25(13-5-1)28-22-23-34-33(24-28)41-40(45-34)32-21-11-19-30-29-18-10-20-31(35(29)46-36(30)32)39-43-37(26-14-6-2-7-15-26)42-38(44-39)27-16-8-3-9-17-27/h1-24H. The van der Waals surface area contributed by atoms with E-state index in [-0.39, 0.29) is 0 Å². The van der Waals surface area contributed by atoms with Crippen molar-refractivity contribution in [2.24, 2.45) is 0 Å². The summed E-state index contributed by atoms with van der Waals surface area (Å²) in [6, 6.07) is 49.3. The summed E-state index contributed by atoms with van der Waals surface area (Å²) >= 11 is 1.72. The van der Waals surface area contributed by atoms with Gasteiger partial charge >= 0.3 is 0 Å². The maximum atomic E-state index is 6.36. The highest BCUT2D eigenvalue weighted by molar-refractivity contribution is 7.26. The van der Waals surface area contributed by atoms with Crippen LogP contribution in [0.3, 0.4) is 0 Å². The molecule has 0 unspecified atom stereocenters. The Morgan fingerprint density at radius 3 is 1.59 bits per heavy atom. The largest absolute Gasteiger partial charge is 0.436 e. The molecule has 0 radical (unpaired) electrons. The molecule has 0 aliphatic heterocycles. The molecular formula is C40H24N4OS. The number of thiophene rings is 1. The third-order valence-corrected chi connectivity index (χ3v) is 9.48. The van der Waals surface area contributed by atoms with E-state index in [1.165, 1.54) is 0 Å². The van der Waals surface area contributed by atoms with E-state index in [1.807, 2.05) is 84.9 Å². The molecule has 3 heterocycles. The Morgan fingerprint density at radius 1 is 0.413 bits per heavy atom. The highest BCUT2D eigenvalue weighted by atomic mass is 32.1. The summed E-state index contributed by atoms with van der Waals surface area (Å²) in [6.45, 7) is 0. The van der Waals surface area contributed by atoms with E-state index in [1.54, 1.807) is 11.3 Å². The number of nitrogens with zero attached hydrogens (tertiary/aromatic N) is 4. The number of aromatic nitrogens is 4. The number of oxazole rings is 1. The molecule has 0 aliphatic carbocycles. The van der Waals surface area contributed by atoms with Gasteiger partial charge < -0.3 is 4.42 Å². The number of fused-ring (bicyclic) bond motifs is 4. The SMILES string of the molecule is c1ccc(-c2ccc3oc(-c4cccc5c4sc4c(-c6nc(-c7ccccc7)nc(-c7ccccc7)n6)cccc45)nc3c2)cc1. The molecule has 3 aromatic heterocycles. The Balaban J connectivity index is 1.21. The summed E-state index contributed by atoms with van der Waals surface area (Å²) in [5.41, 5.74) is 7.68. The van der Waals surface area contributed by atoms with Crippen molar-refractivity contribution in [2.75, 3.05) is 0 Å². The van der Waals surface area contributed by atoms with Gasteiger partial charge in [0.25, 0.3) is 0 Å². The minimum absolute atomic E-state index is 0.608. The van der Waals surface area contributed by atoms with Crippen molar-refractivity contribution < 1.29 is 4.42 Å². The zero-order chi connectivity index (χ0) is 30.5. The molecule has 6 heteroatoms. The summed E-state index contributed by atoms with van der Waals surface area (Å²) < 4.78 is 8.58. The van der Waals surface area contributed by atoms with Crippen molar-refractivity contribution >= 4 is 42.6 Å². The molecule has 0 aliphatic rings. The Labute approximate surface area is 268 Å². The van der Waals surface area contributed by atoms with Gasteiger partial charge in [0.05, 0.1) is 5.56 Å². The van der Waals surface area contributed by atoms with Gasteiger partial charge in [-0.2, -0.15) is 0 Å². The normalized spacial score (nSPS) is 11.5. The first-order valence-electron chi connectivity index (χ1n) is 15.1. The topological polar surface area (TPSA) is 64.7 Å². The van der Waals surface area contributed by atoms with E-state index < -0.39 is 0 Å². The molecule has 6 aromatic carbocycles. The zero-order valence-corrected chi connectivity index (χ0v) is 25.3. The lowest BCUT2D eigenvalue weighted by molar-refractivity contribution is 0.621. The van der Waals surface area contributed by atoms with Crippen LogP contribution in [0, 0.1) is 0 Å². The molecule has 0 bridgehead atoms. The Bertz CT molecular complexity index is 2470. The van der Waals surface area contributed by atoms with E-state index in [4.69, 9.17) is 24.4 Å². The van der Waals surface area contributed by atoms with E-state index in [2.05, 4.69) is 60.7 Å². The van der Waals surface area contributed by atoms with Crippen LogP contribution in [0.5, 0.6) is 0 Å². The van der Waals surface area contributed by atoms with Crippen molar-refractivity contribution in [3.63, 3.8) is 0 Å². The average Bonchev–Trinajstić information content (AvgIpc) is 3.74. The summed E-state index contributed by atoms with van der Waals surface area (Å²) in [6.07, 6.45) is 0. The van der Waals surface area contributed by atoms with Gasteiger partial charge in [0, 0.05) is 36.9 Å². The highest BCUT2D eigenvalue weighted by Gasteiger charge is 2.19. The summed E-state index contributed by atoms with van der Waals surface area (Å²) in [5, 5.41) is 2.29. The van der Waals surface area contributed by atoms with Crippen molar-refractivity contribution in [3.05, 3.63) is 146 Å². The molecule has 46 heavy (non-hydrogen) atoms. The third kappa shape index (κ3) is 4.55. The smallest absolute Gasteiger partial charge is 0.228 e. The second kappa shape index (κ2) is 10.9. The fraction of sp³-hybridized carbons (Fsp3) is 0. The fourth-order valence-corrected chi connectivity index (χ4v) is 7.26. The molecule has 0 saturated carbocycles. The van der Waals surface area contributed by atoms with Crippen molar-refractivity contribution in [1.82, 2.24) is 19.9 Å². The molecule has 0 atom stereocenters. The lowest BCUT2D eigenvalue weighted by atomic mass is 10.1. The van der Waals surface area contributed by atoms with Crippen LogP contribution in [0.25, 0.3) is 88.0 Å². The molecule has 0 saturated heterocycles. The van der Waals surface area contributed by atoms with Crippen LogP contribution in [-0.4, -0.2) is 19.9 Å². The number of hydrogen-bond acceptors (Lipinski definition) is 6. The van der Waals surface area contributed by atoms with Crippen molar-refractivity contribution in [1.29, 1.82) is 0 Å². The van der Waals surface area contributed by atoms with Crippen LogP contribution < -0.4 is 0 Å². The van der Waals surface area contributed by atoms with Gasteiger partial charge in [0.1, 0.15) is 5.52 Å². The maximum Gasteiger partial charge on any atom is 0.228 e. The predicted molar refractivity (Wildman–Crippen MR) is 187 cm³/mol. The van der Waals surface area contributed by atoms with Crippen LogP contribution in [-0.2, 0) is 0 Å². The van der Waals surface area contributed by atoms with Gasteiger partial charge in [0.2, 0.25) is 5.89 Å². The fourth-order valence-electron chi connectivity index (χ4n) is 5.95. The minimum atomic E-state index is 0.608. The van der Waals surface area contributed by atoms with Crippen LogP contribution >= 0.6 is 11.3 Å². The third-order valence-electron chi connectivity index (χ3n) is 8.19. The molecule has 5 nitrogen and oxygen atoms in total. The number of rotatable bonds is 5. The molecule has 0 N–H and O–H groups in total. The second-order valence-corrected chi connectivity index (χ2v) is 12.1. The van der Waals surface area contributed by atoms with Crippen LogP contribution in [0.15, 0.2) is 150 Å². The van der Waals surface area contributed by atoms with Crippen LogP contribution in [0.2, 0.25) is 0 Å². The van der Waals surface area contributed by atoms with Gasteiger partial charge in [-0.25, -0.2) is 19.9 Å². The number of hydrogen-bond donors (Lipinski definition) is 0. The van der Waals surface area contributed by atoms with Gasteiger partial charge in [-0.05, 0) is 35.4 Å². The lowest BCUT2D eigenvalue weighted by Crippen LogP contribution is -2.00. The molecular weight excluding hydrogens is 585 g/mol. The molecule has 0 amide bonds. The van der Waals surface area contributed by atoms with Crippen molar-refractivity contribution in [3.8, 4) is 56.7 Å². The van der Waals surface area contributed by atoms with E-state index >= 15 is 0 Å². The molecule has 9 rings (SSSR count). The first-order chi connectivity index (χ1) is 22.8. The highest BCUT2D eigenvalue weighted by Crippen LogP contribution is 2.44. The molecule has 0 spiro atoms. The van der Waals surface area contributed by atoms with Gasteiger partial charge in [-0.1, -0.05) is 121 Å². The first-order valence-corrected chi connectivity index (χ1v) is 15.9. The van der Waals surface area contributed by atoms with Gasteiger partial charge in [-0.15, -0.1) is 11.3 Å². The maximum absolute atomic E-state index is 6.36. The van der Waals surface area contributed by atoms with E-state index in [0.717, 1.165) is 64.7 Å². The zero-order valence-electron chi connectivity index (χ0n) is 24.5. The van der Waals surface area contributed by atoms with Crippen molar-refractivity contribution in [2.45, 2.75) is 0 Å². The van der Waals surface area contributed by atoms with Gasteiger partial charge in [0.15, 0.2) is 23.1 Å². The van der Waals surface area contributed by atoms with E-state index in [0.29, 0.717) is 23.4 Å². The first kappa shape index (κ1) is 26.4. The Hall–Kier alpha value is -5.98. The van der Waals surface area contributed by atoms with Gasteiger partial charge in [-0.3, -0.25) is 0 Å². The summed E-state index contributed by atoms with van der Waals surface area (Å²) in [7, 11) is 0. The molecule has 0 fully saturated rings. The lowest BCUT2D eigenvalue weighted by Gasteiger charge is -2.09. The average molecular weight is 609 g/mol. The molecule has 9 aromatic rings. The molecule has 216 valence electrons. The Morgan fingerprint density at radius 2 is 0.957 bits per heavy atom. The monoisotopic (exact) mass is 608 g/mol. The van der Waals surface area contributed by atoms with E-state index in [9.17, 15) is 0 Å². The summed E-state index contributed by atoms with van der Waals surface area (Å²) in [5.74, 6) is 2.53. The van der Waals surface area contributed by atoms with Crippen LogP contribution in [0.1, 0.15) is 0 Å². The quantitative estimate of drug-likeness (QED) is 0.194.